The predicted molar refractivity (Wildman–Crippen MR) is 132 cm³/mol. The number of amides is 1. The maximum atomic E-state index is 13.0. The number of nitrogens with two attached hydrogens (primary N) is 1. The first-order chi connectivity index (χ1) is 16.6. The number of sulfonamides is 1. The lowest BCUT2D eigenvalue weighted by molar-refractivity contribution is -0.124. The highest BCUT2D eigenvalue weighted by Crippen LogP contribution is 2.25. The summed E-state index contributed by atoms with van der Waals surface area (Å²) in [5.74, 6) is 0.0864. The van der Waals surface area contributed by atoms with Crippen LogP contribution in [0.1, 0.15) is 52.0 Å². The Hall–Kier alpha value is -3.31. The summed E-state index contributed by atoms with van der Waals surface area (Å²) in [6.45, 7) is 4.25. The molecule has 3 rings (SSSR count). The van der Waals surface area contributed by atoms with Crippen molar-refractivity contribution in [3.8, 4) is 11.4 Å². The first kappa shape index (κ1) is 26.3. The number of unbranched alkanes of at least 4 members (excludes halogenated alkanes) is 1. The summed E-state index contributed by atoms with van der Waals surface area (Å²) >= 11 is 0. The van der Waals surface area contributed by atoms with Crippen LogP contribution in [-0.2, 0) is 14.8 Å². The number of halogens is 1. The van der Waals surface area contributed by atoms with Crippen molar-refractivity contribution >= 4 is 27.3 Å². The molecule has 0 bridgehead atoms. The minimum absolute atomic E-state index is 0.0127. The van der Waals surface area contributed by atoms with Gasteiger partial charge >= 0.3 is 0 Å². The first-order valence-electron chi connectivity index (χ1n) is 11.3. The van der Waals surface area contributed by atoms with E-state index in [1.54, 1.807) is 12.1 Å². The Kier molecular flexibility index (Phi) is 8.23. The fraction of sp³-hybridized carbons (Fsp3) is 0.375. The van der Waals surface area contributed by atoms with Crippen LogP contribution in [0.15, 0.2) is 57.9 Å². The maximum absolute atomic E-state index is 13.0. The van der Waals surface area contributed by atoms with Gasteiger partial charge < -0.3 is 15.6 Å². The lowest BCUT2D eigenvalue weighted by Gasteiger charge is -2.19. The molecule has 35 heavy (non-hydrogen) atoms. The number of alkyl halides is 1. The lowest BCUT2D eigenvalue weighted by Crippen LogP contribution is -2.32. The second-order valence-corrected chi connectivity index (χ2v) is 10.6. The number of carbonyl (C=O) groups is 1. The van der Waals surface area contributed by atoms with Gasteiger partial charge in [0, 0.05) is 16.9 Å². The fourth-order valence-electron chi connectivity index (χ4n) is 3.05. The lowest BCUT2D eigenvalue weighted by atomic mass is 9.94. The molecule has 11 heteroatoms. The fourth-order valence-corrected chi connectivity index (χ4v) is 4.15. The third-order valence-corrected chi connectivity index (χ3v) is 6.75. The molecule has 0 radical (unpaired) electrons. The second-order valence-electron chi connectivity index (χ2n) is 8.89. The Morgan fingerprint density at radius 1 is 1.17 bits per heavy atom. The molecule has 0 aliphatic heterocycles. The van der Waals surface area contributed by atoms with Crippen molar-refractivity contribution in [2.24, 2.45) is 11.1 Å². The number of nitrogens with zero attached hydrogens (tertiary/aromatic N) is 2. The Morgan fingerprint density at radius 2 is 1.86 bits per heavy atom. The Labute approximate surface area is 204 Å². The monoisotopic (exact) mass is 503 g/mol. The predicted octanol–water partition coefficient (Wildman–Crippen LogP) is 4.66. The summed E-state index contributed by atoms with van der Waals surface area (Å²) in [5, 5.41) is 6.55. The molecular formula is C24H30FN5O4S. The van der Waals surface area contributed by atoms with Gasteiger partial charge in [0.2, 0.25) is 17.6 Å². The van der Waals surface area contributed by atoms with Gasteiger partial charge in [-0.15, -0.1) is 0 Å². The van der Waals surface area contributed by atoms with Gasteiger partial charge in [0.25, 0.3) is 10.0 Å². The van der Waals surface area contributed by atoms with Crippen LogP contribution in [0.25, 0.3) is 11.4 Å². The number of anilines is 2. The van der Waals surface area contributed by atoms with E-state index >= 15 is 0 Å². The van der Waals surface area contributed by atoms with Crippen LogP contribution in [0.3, 0.4) is 0 Å². The van der Waals surface area contributed by atoms with Crippen LogP contribution in [0.2, 0.25) is 0 Å². The van der Waals surface area contributed by atoms with Crippen molar-refractivity contribution in [2.75, 3.05) is 16.7 Å². The zero-order chi connectivity index (χ0) is 25.6. The topological polar surface area (TPSA) is 140 Å². The van der Waals surface area contributed by atoms with Crippen LogP contribution in [-0.4, -0.2) is 31.1 Å². The van der Waals surface area contributed by atoms with Crippen molar-refractivity contribution in [1.29, 1.82) is 0 Å². The average molecular weight is 504 g/mol. The first-order valence-corrected chi connectivity index (χ1v) is 12.7. The second kappa shape index (κ2) is 11.0. The number of rotatable bonds is 11. The molecule has 9 nitrogen and oxygen atoms in total. The van der Waals surface area contributed by atoms with Gasteiger partial charge in [-0.05, 0) is 56.7 Å². The highest BCUT2D eigenvalue weighted by molar-refractivity contribution is 7.92. The van der Waals surface area contributed by atoms with Gasteiger partial charge in [-0.2, -0.15) is 4.98 Å². The Morgan fingerprint density at radius 3 is 2.51 bits per heavy atom. The summed E-state index contributed by atoms with van der Waals surface area (Å²) in [6.07, 6.45) is 2.64. The minimum Gasteiger partial charge on any atom is -0.337 e. The van der Waals surface area contributed by atoms with Crippen molar-refractivity contribution in [1.82, 2.24) is 10.1 Å². The molecule has 4 N–H and O–H groups in total. The smallest absolute Gasteiger partial charge is 0.261 e. The summed E-state index contributed by atoms with van der Waals surface area (Å²) < 4.78 is 46.6. The molecular weight excluding hydrogens is 473 g/mol. The third kappa shape index (κ3) is 6.64. The van der Waals surface area contributed by atoms with Crippen LogP contribution in [0, 0.1) is 5.41 Å². The Balaban J connectivity index is 1.72. The normalized spacial score (nSPS) is 12.8. The number of benzene rings is 2. The Bertz CT molecular complexity index is 1260. The number of hydrogen-bond acceptors (Lipinski definition) is 7. The van der Waals surface area contributed by atoms with Gasteiger partial charge in [-0.25, -0.2) is 12.8 Å². The van der Waals surface area contributed by atoms with Crippen LogP contribution < -0.4 is 15.8 Å². The number of carbonyl (C=O) groups excluding carboxylic acids is 1. The van der Waals surface area contributed by atoms with Gasteiger partial charge in [0.05, 0.1) is 16.4 Å². The van der Waals surface area contributed by atoms with E-state index in [0.717, 1.165) is 12.8 Å². The molecule has 3 aromatic rings. The minimum atomic E-state index is -3.93. The quantitative estimate of drug-likeness (QED) is 0.346. The molecule has 0 aliphatic carbocycles. The van der Waals surface area contributed by atoms with Crippen molar-refractivity contribution in [2.45, 2.75) is 51.0 Å². The van der Waals surface area contributed by atoms with E-state index in [1.165, 1.54) is 50.2 Å². The van der Waals surface area contributed by atoms with E-state index in [9.17, 15) is 17.6 Å². The molecule has 0 spiro atoms. The van der Waals surface area contributed by atoms with Gasteiger partial charge in [0.15, 0.2) is 0 Å². The molecule has 1 atom stereocenters. The number of aromatic nitrogens is 2. The average Bonchev–Trinajstić information content (AvgIpc) is 3.34. The van der Waals surface area contributed by atoms with Crippen molar-refractivity contribution in [3.63, 3.8) is 0 Å². The largest absolute Gasteiger partial charge is 0.337 e. The van der Waals surface area contributed by atoms with E-state index in [-0.39, 0.29) is 16.8 Å². The van der Waals surface area contributed by atoms with Gasteiger partial charge in [-0.3, -0.25) is 9.52 Å². The molecule has 0 saturated carbocycles. The van der Waals surface area contributed by atoms with Gasteiger partial charge in [-0.1, -0.05) is 37.1 Å². The van der Waals surface area contributed by atoms with Gasteiger partial charge in [0.1, 0.15) is 6.67 Å². The zero-order valence-electron chi connectivity index (χ0n) is 19.9. The summed E-state index contributed by atoms with van der Waals surface area (Å²) in [5.41, 5.74) is 6.11. The molecule has 1 unspecified atom stereocenters. The van der Waals surface area contributed by atoms with Crippen LogP contribution in [0.4, 0.5) is 15.8 Å². The van der Waals surface area contributed by atoms with E-state index in [2.05, 4.69) is 27.1 Å². The molecule has 188 valence electrons. The highest BCUT2D eigenvalue weighted by atomic mass is 32.2. The molecule has 2 aromatic carbocycles. The zero-order valence-corrected chi connectivity index (χ0v) is 20.7. The molecule has 1 heterocycles. The molecule has 0 aliphatic rings. The highest BCUT2D eigenvalue weighted by Gasteiger charge is 2.27. The SMILES string of the molecule is CCCCC(N)c1nc(-c2cccc(S(=O)(=O)Nc3ccc(NC(=O)C(C)(C)CF)cc3)c2)no1. The summed E-state index contributed by atoms with van der Waals surface area (Å²) in [4.78, 5) is 16.4. The standard InChI is InChI=1S/C24H30FN5O4S/c1-4-5-9-20(26)22-28-21(29-34-22)16-7-6-8-19(14-16)35(32,33)30-18-12-10-17(11-13-18)27-23(31)24(2,3)15-25/h6-8,10-14,20,30H,4-5,9,15,26H2,1-3H3,(H,27,31). The van der Waals surface area contributed by atoms with E-state index in [4.69, 9.17) is 10.3 Å². The number of hydrogen-bond donors (Lipinski definition) is 3. The maximum Gasteiger partial charge on any atom is 0.261 e. The van der Waals surface area contributed by atoms with E-state index in [0.29, 0.717) is 29.2 Å². The molecule has 1 amide bonds. The van der Waals surface area contributed by atoms with Crippen molar-refractivity contribution < 1.29 is 22.1 Å². The molecule has 1 aromatic heterocycles. The van der Waals surface area contributed by atoms with Crippen molar-refractivity contribution in [3.05, 3.63) is 54.4 Å². The summed E-state index contributed by atoms with van der Waals surface area (Å²) in [7, 11) is -3.93. The van der Waals surface area contributed by atoms with Crippen LogP contribution in [0.5, 0.6) is 0 Å². The molecule has 0 saturated heterocycles. The van der Waals surface area contributed by atoms with E-state index < -0.39 is 28.0 Å². The summed E-state index contributed by atoms with van der Waals surface area (Å²) in [6, 6.07) is 11.9. The van der Waals surface area contributed by atoms with E-state index in [1.807, 2.05) is 0 Å². The number of nitrogens with one attached hydrogen (secondary N) is 2. The third-order valence-electron chi connectivity index (χ3n) is 5.37. The van der Waals surface area contributed by atoms with Crippen LogP contribution >= 0.6 is 0 Å². The molecule has 0 fully saturated rings.